The first-order valence-electron chi connectivity index (χ1n) is 21.3. The Hall–Kier alpha value is -6.34. The van der Waals surface area contributed by atoms with E-state index < -0.39 is 6.09 Å². The summed E-state index contributed by atoms with van der Waals surface area (Å²) in [6, 6.07) is 11.8. The Morgan fingerprint density at radius 3 is 1.92 bits per heavy atom. The van der Waals surface area contributed by atoms with Gasteiger partial charge < -0.3 is 54.3 Å². The first-order chi connectivity index (χ1) is 31.1. The molecule has 0 spiro atoms. The predicted molar refractivity (Wildman–Crippen MR) is 234 cm³/mol. The molecule has 0 radical (unpaired) electrons. The van der Waals surface area contributed by atoms with Crippen LogP contribution in [0.1, 0.15) is 81.0 Å². The average molecular weight is 917 g/mol. The first-order valence-corrected chi connectivity index (χ1v) is 22.0. The molecule has 2 atom stereocenters. The van der Waals surface area contributed by atoms with Gasteiger partial charge in [-0.05, 0) is 122 Å². The third kappa shape index (κ3) is 9.89. The van der Waals surface area contributed by atoms with Crippen LogP contribution in [0.4, 0.5) is 16.4 Å². The molecule has 336 valence electrons. The van der Waals surface area contributed by atoms with Crippen molar-refractivity contribution < 1.29 is 38.0 Å². The minimum absolute atomic E-state index is 0.103. The van der Waals surface area contributed by atoms with Gasteiger partial charge in [-0.3, -0.25) is 4.79 Å². The number of rotatable bonds is 11. The zero-order chi connectivity index (χ0) is 44.2. The van der Waals surface area contributed by atoms with Crippen LogP contribution in [0.2, 0.25) is 10.6 Å². The summed E-state index contributed by atoms with van der Waals surface area (Å²) in [7, 11) is 0. The fourth-order valence-corrected chi connectivity index (χ4v) is 9.05. The Labute approximate surface area is 377 Å². The average Bonchev–Trinajstić information content (AvgIpc) is 4.13. The van der Waals surface area contributed by atoms with Gasteiger partial charge in [0.05, 0.1) is 25.9 Å². The maximum absolute atomic E-state index is 12.2. The molecule has 2 saturated carbocycles. The fourth-order valence-electron chi connectivity index (χ4n) is 8.71. The minimum atomic E-state index is -0.440. The number of hydrogen-bond acceptors (Lipinski definition) is 16. The number of ether oxygens (including phenoxy) is 6. The number of carbonyl (C=O) groups excluding carboxylic acids is 2. The summed E-state index contributed by atoms with van der Waals surface area (Å²) in [5, 5.41) is 3.01. The lowest BCUT2D eigenvalue weighted by molar-refractivity contribution is -0.145. The third-order valence-electron chi connectivity index (χ3n) is 12.1. The molecule has 19 nitrogen and oxygen atoms in total. The van der Waals surface area contributed by atoms with Crippen LogP contribution in [0, 0.1) is 11.8 Å². The van der Waals surface area contributed by atoms with Crippen molar-refractivity contribution in [2.24, 2.45) is 11.8 Å². The number of aryl methyl sites for hydroxylation is 1. The number of fused-ring (bicyclic) bond motifs is 4. The number of esters is 1. The summed E-state index contributed by atoms with van der Waals surface area (Å²) in [5.41, 5.74) is 16.2. The highest BCUT2D eigenvalue weighted by Crippen LogP contribution is 2.37. The van der Waals surface area contributed by atoms with Crippen molar-refractivity contribution in [3.05, 3.63) is 70.7 Å². The molecule has 2 aromatic carbocycles. The summed E-state index contributed by atoms with van der Waals surface area (Å²) in [6.45, 7) is 1.63. The molecule has 2 fully saturated rings. The van der Waals surface area contributed by atoms with Crippen molar-refractivity contribution in [1.82, 2.24) is 44.4 Å². The van der Waals surface area contributed by atoms with E-state index >= 15 is 0 Å². The van der Waals surface area contributed by atoms with Gasteiger partial charge in [0.2, 0.25) is 24.2 Å². The number of anilines is 2. The maximum Gasteiger partial charge on any atom is 0.407 e. The molecular weight excluding hydrogens is 869 g/mol. The van der Waals surface area contributed by atoms with Crippen LogP contribution in [0.3, 0.4) is 0 Å². The topological polar surface area (TPSA) is 241 Å². The predicted octanol–water partition coefficient (Wildman–Crippen LogP) is 7.15. The van der Waals surface area contributed by atoms with Crippen molar-refractivity contribution in [3.63, 3.8) is 0 Å². The molecular formula is C43H47Cl2N11O8. The van der Waals surface area contributed by atoms with Crippen LogP contribution in [-0.4, -0.2) is 77.9 Å². The van der Waals surface area contributed by atoms with E-state index in [1.54, 1.807) is 12.7 Å². The molecule has 4 aliphatic rings. The monoisotopic (exact) mass is 915 g/mol. The van der Waals surface area contributed by atoms with Crippen molar-refractivity contribution in [1.29, 1.82) is 0 Å². The summed E-state index contributed by atoms with van der Waals surface area (Å²) in [5.74, 6) is 3.87. The highest BCUT2D eigenvalue weighted by Gasteiger charge is 2.28. The van der Waals surface area contributed by atoms with Crippen LogP contribution >= 0.6 is 23.2 Å². The number of aromatic nitrogens is 8. The smallest absolute Gasteiger partial charge is 0.407 e. The van der Waals surface area contributed by atoms with Crippen LogP contribution in [-0.2, 0) is 27.2 Å². The van der Waals surface area contributed by atoms with Gasteiger partial charge in [0.15, 0.2) is 45.9 Å². The van der Waals surface area contributed by atoms with E-state index in [1.807, 2.05) is 45.5 Å². The Balaban J connectivity index is 0.000000162. The molecule has 21 heteroatoms. The standard InChI is InChI=1S/C22H24ClN5O4.C21H23ClN6O4/c23-22-26-20(24)19-21(27-22)28(11-25-19)15-5-1-14(2-6-15)10-30-18(29)8-4-13-3-7-16-17(9-13)32-12-31-16;22-20-26-18(23)17-19(27-20)28(10-25-17)14-3-1-2-13(6-14)9-30-21(29)24-8-12-4-5-15-16(7-12)32-11-31-15/h3,7,9,11,14-15H,1-2,4-6,8,10,12H2,(H2,24,26,27);4-5,7,10,13-14H,1-3,6,8-9,11H2,(H,24,29)(H2,23,26,27)/t;13-,14+/m.1/s1. The number of halogens is 2. The number of nitrogen functional groups attached to an aromatic ring is 2. The van der Waals surface area contributed by atoms with Gasteiger partial charge in [0.1, 0.15) is 11.0 Å². The van der Waals surface area contributed by atoms with Crippen LogP contribution < -0.4 is 35.7 Å². The molecule has 2 aliphatic carbocycles. The van der Waals surface area contributed by atoms with Crippen molar-refractivity contribution in [3.8, 4) is 23.0 Å². The number of amides is 1. The van der Waals surface area contributed by atoms with Gasteiger partial charge in [-0.25, -0.2) is 14.8 Å². The van der Waals surface area contributed by atoms with Gasteiger partial charge >= 0.3 is 12.1 Å². The van der Waals surface area contributed by atoms with Crippen LogP contribution in [0.5, 0.6) is 23.0 Å². The van der Waals surface area contributed by atoms with Gasteiger partial charge in [0.25, 0.3) is 0 Å². The Morgan fingerprint density at radius 2 is 1.27 bits per heavy atom. The van der Waals surface area contributed by atoms with E-state index in [0.717, 1.165) is 74.0 Å². The molecule has 0 bridgehead atoms. The second kappa shape index (κ2) is 19.2. The summed E-state index contributed by atoms with van der Waals surface area (Å²) in [6.07, 6.45) is 11.7. The summed E-state index contributed by atoms with van der Waals surface area (Å²) >= 11 is 12.0. The molecule has 5 N–H and O–H groups in total. The van der Waals surface area contributed by atoms with Crippen molar-refractivity contribution in [2.45, 2.75) is 82.8 Å². The Bertz CT molecular complexity index is 2650. The first kappa shape index (κ1) is 42.9. The zero-order valence-electron chi connectivity index (χ0n) is 34.8. The number of nitrogens with two attached hydrogens (primary N) is 2. The van der Waals surface area contributed by atoms with Gasteiger partial charge in [-0.15, -0.1) is 0 Å². The van der Waals surface area contributed by atoms with Gasteiger partial charge in [-0.1, -0.05) is 18.6 Å². The number of nitrogens with zero attached hydrogens (tertiary/aromatic N) is 8. The molecule has 6 heterocycles. The van der Waals surface area contributed by atoms with E-state index in [-0.39, 0.29) is 53.9 Å². The number of alkyl carbamates (subject to hydrolysis) is 1. The SMILES string of the molecule is Nc1nc(Cl)nc2c1ncn2C1CCC(COC(=O)CCc2ccc3c(c2)OCO3)CC1.Nc1nc(Cl)nc2c1ncn2[C@H]1CCC[C@@H](COC(=O)NCc2ccc3c(c2)OCO3)C1. The molecule has 2 aliphatic heterocycles. The normalized spacial score (nSPS) is 19.8. The van der Waals surface area contributed by atoms with E-state index in [9.17, 15) is 9.59 Å². The summed E-state index contributed by atoms with van der Waals surface area (Å²) < 4.78 is 36.4. The number of imidazole rings is 2. The lowest BCUT2D eigenvalue weighted by atomic mass is 9.86. The number of nitrogens with one attached hydrogen (secondary N) is 1. The highest BCUT2D eigenvalue weighted by atomic mass is 35.5. The third-order valence-corrected chi connectivity index (χ3v) is 12.4. The molecule has 64 heavy (non-hydrogen) atoms. The van der Waals surface area contributed by atoms with E-state index in [0.29, 0.717) is 78.2 Å². The zero-order valence-corrected chi connectivity index (χ0v) is 36.3. The van der Waals surface area contributed by atoms with E-state index in [1.165, 1.54) is 0 Å². The molecule has 0 saturated heterocycles. The lowest BCUT2D eigenvalue weighted by Crippen LogP contribution is -2.28. The number of hydrogen-bond donors (Lipinski definition) is 3. The van der Waals surface area contributed by atoms with Crippen molar-refractivity contribution >= 4 is 69.2 Å². The molecule has 10 rings (SSSR count). The second-order valence-electron chi connectivity index (χ2n) is 16.3. The fraction of sp³-hybridized carbons (Fsp3) is 0.442. The van der Waals surface area contributed by atoms with E-state index in [2.05, 4.69) is 35.2 Å². The van der Waals surface area contributed by atoms with E-state index in [4.69, 9.17) is 63.1 Å². The maximum atomic E-state index is 12.2. The molecule has 6 aromatic rings. The molecule has 4 aromatic heterocycles. The Kier molecular flexibility index (Phi) is 12.9. The van der Waals surface area contributed by atoms with Crippen LogP contribution in [0.15, 0.2) is 49.1 Å². The second-order valence-corrected chi connectivity index (χ2v) is 17.0. The van der Waals surface area contributed by atoms with Gasteiger partial charge in [-0.2, -0.15) is 19.9 Å². The van der Waals surface area contributed by atoms with Gasteiger partial charge in [0, 0.05) is 25.0 Å². The molecule has 0 unspecified atom stereocenters. The minimum Gasteiger partial charge on any atom is -0.465 e. The Morgan fingerprint density at radius 1 is 0.688 bits per heavy atom. The molecule has 1 amide bonds. The van der Waals surface area contributed by atoms with Crippen LogP contribution in [0.25, 0.3) is 22.3 Å². The quantitative estimate of drug-likeness (QED) is 0.0864. The highest BCUT2D eigenvalue weighted by molar-refractivity contribution is 6.29. The largest absolute Gasteiger partial charge is 0.465 e. The summed E-state index contributed by atoms with van der Waals surface area (Å²) in [4.78, 5) is 49.7. The number of benzene rings is 2. The van der Waals surface area contributed by atoms with Crippen molar-refractivity contribution in [2.75, 3.05) is 38.3 Å². The lowest BCUT2D eigenvalue weighted by Gasteiger charge is -2.29. The number of carbonyl (C=O) groups is 2.